The molecule has 1 aliphatic carbocycles. The zero-order valence-corrected chi connectivity index (χ0v) is 18.0. The Balaban J connectivity index is 0.00000312. The van der Waals surface area contributed by atoms with Crippen molar-refractivity contribution in [2.45, 2.75) is 57.8 Å². The molecule has 2 N–H and O–H groups in total. The fourth-order valence-corrected chi connectivity index (χ4v) is 2.58. The van der Waals surface area contributed by atoms with Crippen molar-refractivity contribution in [3.05, 3.63) is 23.9 Å². The summed E-state index contributed by atoms with van der Waals surface area (Å²) in [6.07, 6.45) is 6.90. The predicted octanol–water partition coefficient (Wildman–Crippen LogP) is 3.11. The Morgan fingerprint density at radius 3 is 2.68 bits per heavy atom. The van der Waals surface area contributed by atoms with Gasteiger partial charge in [0.1, 0.15) is 6.10 Å². The van der Waals surface area contributed by atoms with E-state index in [-0.39, 0.29) is 29.6 Å². The molecule has 0 saturated heterocycles. The van der Waals surface area contributed by atoms with Gasteiger partial charge < -0.3 is 20.1 Å². The summed E-state index contributed by atoms with van der Waals surface area (Å²) < 4.78 is 11.4. The molecule has 25 heavy (non-hydrogen) atoms. The lowest BCUT2D eigenvalue weighted by atomic mass is 10.1. The number of hydrogen-bond acceptors (Lipinski definition) is 4. The van der Waals surface area contributed by atoms with Gasteiger partial charge in [-0.3, -0.25) is 4.99 Å². The number of nitrogens with one attached hydrogen (secondary N) is 2. The average molecular weight is 462 g/mol. The third-order valence-electron chi connectivity index (χ3n) is 4.31. The van der Waals surface area contributed by atoms with Gasteiger partial charge in [-0.25, -0.2) is 4.98 Å². The molecule has 1 heterocycles. The van der Waals surface area contributed by atoms with Gasteiger partial charge in [0.15, 0.2) is 5.96 Å². The van der Waals surface area contributed by atoms with Crippen LogP contribution in [0.2, 0.25) is 0 Å². The molecule has 1 saturated carbocycles. The first-order valence-electron chi connectivity index (χ1n) is 8.63. The molecule has 1 fully saturated rings. The summed E-state index contributed by atoms with van der Waals surface area (Å²) in [5.74, 6) is 1.46. The summed E-state index contributed by atoms with van der Waals surface area (Å²) in [4.78, 5) is 8.56. The van der Waals surface area contributed by atoms with Crippen LogP contribution in [-0.2, 0) is 11.3 Å². The van der Waals surface area contributed by atoms with Crippen LogP contribution in [0.5, 0.6) is 5.88 Å². The van der Waals surface area contributed by atoms with Gasteiger partial charge in [-0.2, -0.15) is 0 Å². The molecule has 7 heteroatoms. The van der Waals surface area contributed by atoms with E-state index >= 15 is 0 Å². The highest BCUT2D eigenvalue weighted by Gasteiger charge is 2.18. The van der Waals surface area contributed by atoms with Gasteiger partial charge in [0.05, 0.1) is 5.60 Å². The van der Waals surface area contributed by atoms with Crippen LogP contribution in [0.1, 0.15) is 45.1 Å². The van der Waals surface area contributed by atoms with E-state index in [2.05, 4.69) is 20.6 Å². The molecule has 2 rings (SSSR count). The van der Waals surface area contributed by atoms with Crippen molar-refractivity contribution < 1.29 is 9.47 Å². The first-order chi connectivity index (χ1) is 11.5. The summed E-state index contributed by atoms with van der Waals surface area (Å²) in [5, 5.41) is 6.57. The maximum Gasteiger partial charge on any atom is 0.213 e. The maximum atomic E-state index is 5.95. The molecule has 1 aromatic rings. The molecule has 1 aromatic heterocycles. The Labute approximate surface area is 168 Å². The fraction of sp³-hybridized carbons (Fsp3) is 0.667. The standard InChI is InChI=1S/C18H30N4O2.HI/c1-18(2,23-4)13-22-17(19-3)21-12-14-9-10-20-16(11-14)24-15-7-5-6-8-15;/h9-11,15H,5-8,12-13H2,1-4H3,(H2,19,21,22);1H. The van der Waals surface area contributed by atoms with Crippen LogP contribution in [0, 0.1) is 0 Å². The van der Waals surface area contributed by atoms with E-state index < -0.39 is 0 Å². The van der Waals surface area contributed by atoms with Crippen molar-refractivity contribution in [3.8, 4) is 5.88 Å². The van der Waals surface area contributed by atoms with Gasteiger partial charge in [-0.1, -0.05) is 0 Å². The van der Waals surface area contributed by atoms with E-state index in [0.717, 1.165) is 24.4 Å². The molecule has 0 radical (unpaired) electrons. The Morgan fingerprint density at radius 2 is 2.04 bits per heavy atom. The lowest BCUT2D eigenvalue weighted by molar-refractivity contribution is 0.0268. The van der Waals surface area contributed by atoms with Gasteiger partial charge in [0, 0.05) is 39.5 Å². The van der Waals surface area contributed by atoms with Crippen molar-refractivity contribution in [3.63, 3.8) is 0 Å². The second-order valence-electron chi connectivity index (χ2n) is 6.77. The number of guanidine groups is 1. The van der Waals surface area contributed by atoms with Gasteiger partial charge in [0.25, 0.3) is 0 Å². The van der Waals surface area contributed by atoms with E-state index in [1.807, 2.05) is 26.0 Å². The highest BCUT2D eigenvalue weighted by atomic mass is 127. The molecule has 0 aromatic carbocycles. The van der Waals surface area contributed by atoms with Crippen LogP contribution in [0.3, 0.4) is 0 Å². The lowest BCUT2D eigenvalue weighted by Crippen LogP contribution is -2.45. The normalized spacial score (nSPS) is 15.6. The van der Waals surface area contributed by atoms with E-state index in [4.69, 9.17) is 9.47 Å². The Morgan fingerprint density at radius 1 is 1.32 bits per heavy atom. The Bertz CT molecular complexity index is 546. The van der Waals surface area contributed by atoms with Crippen molar-refractivity contribution in [1.29, 1.82) is 0 Å². The molecule has 1 aliphatic rings. The smallest absolute Gasteiger partial charge is 0.213 e. The second kappa shape index (κ2) is 10.8. The van der Waals surface area contributed by atoms with Gasteiger partial charge in [-0.05, 0) is 51.2 Å². The fourth-order valence-electron chi connectivity index (χ4n) is 2.58. The predicted molar refractivity (Wildman–Crippen MR) is 112 cm³/mol. The van der Waals surface area contributed by atoms with E-state index in [1.54, 1.807) is 20.4 Å². The van der Waals surface area contributed by atoms with E-state index in [9.17, 15) is 0 Å². The number of halogens is 1. The number of ether oxygens (including phenoxy) is 2. The summed E-state index contributed by atoms with van der Waals surface area (Å²) in [7, 11) is 3.47. The van der Waals surface area contributed by atoms with Gasteiger partial charge in [0.2, 0.25) is 5.88 Å². The number of nitrogens with zero attached hydrogens (tertiary/aromatic N) is 2. The molecule has 0 atom stereocenters. The second-order valence-corrected chi connectivity index (χ2v) is 6.77. The summed E-state index contributed by atoms with van der Waals surface area (Å²) >= 11 is 0. The molecule has 6 nitrogen and oxygen atoms in total. The molecular weight excluding hydrogens is 431 g/mol. The van der Waals surface area contributed by atoms with Crippen molar-refractivity contribution >= 4 is 29.9 Å². The number of pyridine rings is 1. The summed E-state index contributed by atoms with van der Waals surface area (Å²) in [5.41, 5.74) is 0.878. The SMILES string of the molecule is CN=C(NCc1ccnc(OC2CCCC2)c1)NCC(C)(C)OC.I. The third-order valence-corrected chi connectivity index (χ3v) is 4.31. The molecular formula is C18H31IN4O2. The topological polar surface area (TPSA) is 67.8 Å². The molecule has 0 unspecified atom stereocenters. The first-order valence-corrected chi connectivity index (χ1v) is 8.63. The highest BCUT2D eigenvalue weighted by molar-refractivity contribution is 14.0. The zero-order chi connectivity index (χ0) is 17.4. The monoisotopic (exact) mass is 462 g/mol. The first kappa shape index (κ1) is 22.0. The van der Waals surface area contributed by atoms with E-state index in [1.165, 1.54) is 12.8 Å². The maximum absolute atomic E-state index is 5.95. The Hall–Kier alpha value is -1.09. The molecule has 0 bridgehead atoms. The largest absolute Gasteiger partial charge is 0.474 e. The van der Waals surface area contributed by atoms with Gasteiger partial charge in [-0.15, -0.1) is 24.0 Å². The number of methoxy groups -OCH3 is 1. The lowest BCUT2D eigenvalue weighted by Gasteiger charge is -2.24. The van der Waals surface area contributed by atoms with Crippen LogP contribution < -0.4 is 15.4 Å². The number of rotatable bonds is 7. The minimum atomic E-state index is -0.240. The molecule has 142 valence electrons. The Kier molecular flexibility index (Phi) is 9.48. The third kappa shape index (κ3) is 7.77. The van der Waals surface area contributed by atoms with Crippen molar-refractivity contribution in [1.82, 2.24) is 15.6 Å². The average Bonchev–Trinajstić information content (AvgIpc) is 3.08. The quantitative estimate of drug-likeness (QED) is 0.371. The number of aromatic nitrogens is 1. The van der Waals surface area contributed by atoms with Crippen LogP contribution in [0.4, 0.5) is 0 Å². The highest BCUT2D eigenvalue weighted by Crippen LogP contribution is 2.23. The van der Waals surface area contributed by atoms with Crippen LogP contribution in [0.25, 0.3) is 0 Å². The zero-order valence-electron chi connectivity index (χ0n) is 15.7. The number of aliphatic imine (C=N–C) groups is 1. The molecule has 0 aliphatic heterocycles. The minimum Gasteiger partial charge on any atom is -0.474 e. The van der Waals surface area contributed by atoms with Crippen molar-refractivity contribution in [2.75, 3.05) is 20.7 Å². The summed E-state index contributed by atoms with van der Waals surface area (Å²) in [6, 6.07) is 3.98. The van der Waals surface area contributed by atoms with E-state index in [0.29, 0.717) is 25.1 Å². The van der Waals surface area contributed by atoms with Crippen LogP contribution in [0.15, 0.2) is 23.3 Å². The number of hydrogen-bond donors (Lipinski definition) is 2. The molecule has 0 amide bonds. The van der Waals surface area contributed by atoms with Gasteiger partial charge >= 0.3 is 0 Å². The van der Waals surface area contributed by atoms with Crippen LogP contribution in [-0.4, -0.2) is 43.4 Å². The summed E-state index contributed by atoms with van der Waals surface area (Å²) in [6.45, 7) is 5.40. The van der Waals surface area contributed by atoms with Crippen LogP contribution >= 0.6 is 24.0 Å². The minimum absolute atomic E-state index is 0. The van der Waals surface area contributed by atoms with Crippen molar-refractivity contribution in [2.24, 2.45) is 4.99 Å². The molecule has 0 spiro atoms.